The highest BCUT2D eigenvalue weighted by Gasteiger charge is 2.28. The SMILES string of the molecule is Cc1cc(F)cc(Nc2nc(C3CC3)nc(NN)c2C)c1. The minimum absolute atomic E-state index is 0.274. The van der Waals surface area contributed by atoms with Gasteiger partial charge in [0.15, 0.2) is 0 Å². The van der Waals surface area contributed by atoms with Crippen molar-refractivity contribution < 1.29 is 4.39 Å². The molecule has 1 aromatic carbocycles. The molecule has 0 unspecified atom stereocenters. The quantitative estimate of drug-likeness (QED) is 0.595. The lowest BCUT2D eigenvalue weighted by Crippen LogP contribution is -2.14. The normalized spacial score (nSPS) is 14.1. The van der Waals surface area contributed by atoms with E-state index in [1.54, 1.807) is 0 Å². The van der Waals surface area contributed by atoms with Crippen LogP contribution in [0.15, 0.2) is 18.2 Å². The first-order chi connectivity index (χ1) is 10.1. The Balaban J connectivity index is 1.98. The van der Waals surface area contributed by atoms with Gasteiger partial charge in [0.25, 0.3) is 0 Å². The molecule has 1 aliphatic rings. The number of anilines is 3. The number of hydrogen-bond acceptors (Lipinski definition) is 5. The number of aromatic nitrogens is 2. The number of nitrogens with one attached hydrogen (secondary N) is 2. The van der Waals surface area contributed by atoms with Gasteiger partial charge in [0, 0.05) is 17.2 Å². The first-order valence-electron chi connectivity index (χ1n) is 6.96. The van der Waals surface area contributed by atoms with Gasteiger partial charge in [-0.15, -0.1) is 0 Å². The monoisotopic (exact) mass is 287 g/mol. The molecule has 6 heteroatoms. The molecule has 1 aliphatic carbocycles. The number of rotatable bonds is 4. The Kier molecular flexibility index (Phi) is 3.47. The van der Waals surface area contributed by atoms with Crippen LogP contribution in [-0.2, 0) is 0 Å². The molecule has 0 bridgehead atoms. The fourth-order valence-corrected chi connectivity index (χ4v) is 2.27. The minimum atomic E-state index is -0.274. The molecule has 110 valence electrons. The fraction of sp³-hybridized carbons (Fsp3) is 0.333. The number of aryl methyl sites for hydroxylation is 1. The van der Waals surface area contributed by atoms with Crippen molar-refractivity contribution in [2.75, 3.05) is 10.7 Å². The topological polar surface area (TPSA) is 75.9 Å². The van der Waals surface area contributed by atoms with Crippen LogP contribution in [-0.4, -0.2) is 9.97 Å². The number of halogens is 1. The molecule has 21 heavy (non-hydrogen) atoms. The number of hydrazine groups is 1. The Labute approximate surface area is 122 Å². The van der Waals surface area contributed by atoms with Crippen LogP contribution in [0.2, 0.25) is 0 Å². The molecule has 1 saturated carbocycles. The zero-order valence-electron chi connectivity index (χ0n) is 12.1. The zero-order chi connectivity index (χ0) is 15.0. The van der Waals surface area contributed by atoms with Gasteiger partial charge in [-0.2, -0.15) is 0 Å². The lowest BCUT2D eigenvalue weighted by atomic mass is 10.2. The molecule has 1 fully saturated rings. The maximum Gasteiger partial charge on any atom is 0.148 e. The summed E-state index contributed by atoms with van der Waals surface area (Å²) < 4.78 is 13.5. The Morgan fingerprint density at radius 3 is 2.48 bits per heavy atom. The Bertz CT molecular complexity index is 662. The maximum atomic E-state index is 13.5. The van der Waals surface area contributed by atoms with Crippen molar-refractivity contribution in [2.24, 2.45) is 5.84 Å². The van der Waals surface area contributed by atoms with Crippen molar-refractivity contribution in [1.82, 2.24) is 9.97 Å². The Morgan fingerprint density at radius 2 is 1.86 bits per heavy atom. The first-order valence-corrected chi connectivity index (χ1v) is 6.96. The average molecular weight is 287 g/mol. The van der Waals surface area contributed by atoms with Crippen LogP contribution in [0.4, 0.5) is 21.7 Å². The van der Waals surface area contributed by atoms with E-state index in [0.717, 1.165) is 29.8 Å². The highest BCUT2D eigenvalue weighted by Crippen LogP contribution is 2.39. The summed E-state index contributed by atoms with van der Waals surface area (Å²) in [4.78, 5) is 8.99. The molecule has 1 heterocycles. The van der Waals surface area contributed by atoms with E-state index in [-0.39, 0.29) is 5.82 Å². The van der Waals surface area contributed by atoms with Crippen LogP contribution < -0.4 is 16.6 Å². The molecule has 0 atom stereocenters. The predicted molar refractivity (Wildman–Crippen MR) is 81.0 cm³/mol. The van der Waals surface area contributed by atoms with Crippen molar-refractivity contribution >= 4 is 17.3 Å². The molecular weight excluding hydrogens is 269 g/mol. The number of hydrogen-bond donors (Lipinski definition) is 3. The lowest BCUT2D eigenvalue weighted by molar-refractivity contribution is 0.627. The summed E-state index contributed by atoms with van der Waals surface area (Å²) in [7, 11) is 0. The third kappa shape index (κ3) is 2.95. The van der Waals surface area contributed by atoms with Gasteiger partial charge in [0.05, 0.1) is 0 Å². The summed E-state index contributed by atoms with van der Waals surface area (Å²) in [6, 6.07) is 4.80. The van der Waals surface area contributed by atoms with Crippen LogP contribution >= 0.6 is 0 Å². The molecule has 0 spiro atoms. The molecular formula is C15H18FN5. The van der Waals surface area contributed by atoms with Gasteiger partial charge in [-0.1, -0.05) is 0 Å². The molecule has 0 radical (unpaired) electrons. The lowest BCUT2D eigenvalue weighted by Gasteiger charge is -2.14. The summed E-state index contributed by atoms with van der Waals surface area (Å²) in [5, 5.41) is 3.16. The molecule has 4 N–H and O–H groups in total. The fourth-order valence-electron chi connectivity index (χ4n) is 2.27. The number of nitrogens with two attached hydrogens (primary N) is 1. The predicted octanol–water partition coefficient (Wildman–Crippen LogP) is 3.14. The summed E-state index contributed by atoms with van der Waals surface area (Å²) in [6.07, 6.45) is 2.21. The Hall–Kier alpha value is -2.21. The molecule has 5 nitrogen and oxygen atoms in total. The van der Waals surface area contributed by atoms with Gasteiger partial charge in [0.1, 0.15) is 23.3 Å². The molecule has 1 aromatic heterocycles. The number of nitrogens with zero attached hydrogens (tertiary/aromatic N) is 2. The second-order valence-corrected chi connectivity index (χ2v) is 5.46. The average Bonchev–Trinajstić information content (AvgIpc) is 3.24. The van der Waals surface area contributed by atoms with Crippen molar-refractivity contribution in [1.29, 1.82) is 0 Å². The molecule has 2 aromatic rings. The van der Waals surface area contributed by atoms with E-state index in [2.05, 4.69) is 20.7 Å². The second kappa shape index (κ2) is 5.29. The molecule has 0 saturated heterocycles. The molecule has 0 amide bonds. The van der Waals surface area contributed by atoms with Gasteiger partial charge < -0.3 is 10.7 Å². The van der Waals surface area contributed by atoms with Gasteiger partial charge in [-0.25, -0.2) is 20.2 Å². The van der Waals surface area contributed by atoms with E-state index < -0.39 is 0 Å². The van der Waals surface area contributed by atoms with E-state index >= 15 is 0 Å². The number of benzene rings is 1. The summed E-state index contributed by atoms with van der Waals surface area (Å²) in [5.41, 5.74) is 4.93. The third-order valence-corrected chi connectivity index (χ3v) is 3.55. The van der Waals surface area contributed by atoms with Crippen molar-refractivity contribution in [2.45, 2.75) is 32.6 Å². The minimum Gasteiger partial charge on any atom is -0.340 e. The first kappa shape index (κ1) is 13.8. The summed E-state index contributed by atoms with van der Waals surface area (Å²) >= 11 is 0. The van der Waals surface area contributed by atoms with E-state index in [9.17, 15) is 4.39 Å². The maximum absolute atomic E-state index is 13.5. The van der Waals surface area contributed by atoms with Gasteiger partial charge in [-0.05, 0) is 50.5 Å². The van der Waals surface area contributed by atoms with E-state index in [4.69, 9.17) is 5.84 Å². The highest BCUT2D eigenvalue weighted by molar-refractivity contribution is 5.65. The van der Waals surface area contributed by atoms with Crippen LogP contribution in [0.25, 0.3) is 0 Å². The Morgan fingerprint density at radius 1 is 1.14 bits per heavy atom. The van der Waals surface area contributed by atoms with Crippen LogP contribution in [0.3, 0.4) is 0 Å². The molecule has 3 rings (SSSR count). The van der Waals surface area contributed by atoms with Crippen molar-refractivity contribution in [3.8, 4) is 0 Å². The van der Waals surface area contributed by atoms with Gasteiger partial charge >= 0.3 is 0 Å². The summed E-state index contributed by atoms with van der Waals surface area (Å²) in [5.74, 6) is 7.70. The summed E-state index contributed by atoms with van der Waals surface area (Å²) in [6.45, 7) is 3.73. The van der Waals surface area contributed by atoms with E-state index in [1.807, 2.05) is 19.9 Å². The largest absolute Gasteiger partial charge is 0.340 e. The second-order valence-electron chi connectivity index (χ2n) is 5.46. The van der Waals surface area contributed by atoms with Crippen molar-refractivity contribution in [3.05, 3.63) is 41.0 Å². The van der Waals surface area contributed by atoms with E-state index in [0.29, 0.717) is 23.2 Å². The highest BCUT2D eigenvalue weighted by atomic mass is 19.1. The third-order valence-electron chi connectivity index (χ3n) is 3.55. The smallest absolute Gasteiger partial charge is 0.148 e. The van der Waals surface area contributed by atoms with Gasteiger partial charge in [0.2, 0.25) is 0 Å². The number of nitrogen functional groups attached to an aromatic ring is 1. The standard InChI is InChI=1S/C15H18FN5/c1-8-5-11(16)7-12(6-8)18-13-9(2)14(21-17)20-15(19-13)10-3-4-10/h5-7,10H,3-4,17H2,1-2H3,(H2,18,19,20,21). The van der Waals surface area contributed by atoms with Gasteiger partial charge in [-0.3, -0.25) is 0 Å². The van der Waals surface area contributed by atoms with Crippen LogP contribution in [0, 0.1) is 19.7 Å². The van der Waals surface area contributed by atoms with Crippen LogP contribution in [0.5, 0.6) is 0 Å². The zero-order valence-corrected chi connectivity index (χ0v) is 12.1. The van der Waals surface area contributed by atoms with E-state index in [1.165, 1.54) is 12.1 Å². The van der Waals surface area contributed by atoms with Crippen molar-refractivity contribution in [3.63, 3.8) is 0 Å². The van der Waals surface area contributed by atoms with Crippen LogP contribution in [0.1, 0.15) is 35.7 Å². The molecule has 0 aliphatic heterocycles.